The minimum absolute atomic E-state index is 0.315. The van der Waals surface area contributed by atoms with Gasteiger partial charge in [0.05, 0.1) is 12.3 Å². The first kappa shape index (κ1) is 27.8. The lowest BCUT2D eigenvalue weighted by atomic mass is 10.0. The topological polar surface area (TPSA) is 98.7 Å². The molecular weight excluding hydrogens is 528 g/mol. The van der Waals surface area contributed by atoms with Gasteiger partial charge in [-0.25, -0.2) is 9.97 Å². The third kappa shape index (κ3) is 7.07. The molecule has 2 aliphatic rings. The van der Waals surface area contributed by atoms with E-state index in [1.807, 2.05) is 24.3 Å². The Bertz CT molecular complexity index is 1350. The molecule has 0 atom stereocenters. The maximum absolute atomic E-state index is 12.1. The number of hydrogen-bond acceptors (Lipinski definition) is 9. The lowest BCUT2D eigenvalue weighted by Gasteiger charge is -2.32. The van der Waals surface area contributed by atoms with Crippen LogP contribution < -0.4 is 20.3 Å². The maximum Gasteiger partial charge on any atom is 0.247 e. The number of carbonyl (C=O) groups excluding carboxylic acids is 1. The van der Waals surface area contributed by atoms with Gasteiger partial charge >= 0.3 is 0 Å². The average molecular weight is 563 g/mol. The van der Waals surface area contributed by atoms with Crippen LogP contribution in [0, 0.1) is 0 Å². The van der Waals surface area contributed by atoms with Crippen molar-refractivity contribution >= 4 is 46.5 Å². The number of benzene rings is 2. The van der Waals surface area contributed by atoms with Crippen LogP contribution in [0.5, 0.6) is 5.75 Å². The van der Waals surface area contributed by atoms with E-state index >= 15 is 0 Å². The minimum atomic E-state index is -0.315. The normalized spacial score (nSPS) is 15.8. The molecule has 3 aromatic rings. The number of rotatable bonds is 10. The number of nitrogens with one attached hydrogen (secondary N) is 2. The molecule has 0 spiro atoms. The predicted molar refractivity (Wildman–Crippen MR) is 159 cm³/mol. The number of amides is 1. The predicted octanol–water partition coefficient (Wildman–Crippen LogP) is 4.49. The van der Waals surface area contributed by atoms with Gasteiger partial charge in [0.1, 0.15) is 12.1 Å². The minimum Gasteiger partial charge on any atom is -0.491 e. The van der Waals surface area contributed by atoms with Crippen LogP contribution in [0.15, 0.2) is 55.4 Å². The number of nitrogens with zero attached hydrogens (tertiary/aromatic N) is 6. The first-order valence-electron chi connectivity index (χ1n) is 13.6. The summed E-state index contributed by atoms with van der Waals surface area (Å²) in [4.78, 5) is 32.4. The van der Waals surface area contributed by atoms with E-state index in [4.69, 9.17) is 16.3 Å². The van der Waals surface area contributed by atoms with Gasteiger partial charge in [-0.05, 0) is 68.3 Å². The average Bonchev–Trinajstić information content (AvgIpc) is 2.97. The summed E-state index contributed by atoms with van der Waals surface area (Å²) in [5.74, 6) is 1.21. The second kappa shape index (κ2) is 13.1. The monoisotopic (exact) mass is 562 g/mol. The van der Waals surface area contributed by atoms with E-state index in [2.05, 4.69) is 60.0 Å². The van der Waals surface area contributed by atoms with E-state index in [9.17, 15) is 4.79 Å². The molecule has 2 N–H and O–H groups in total. The SMILES string of the molecule is C=CC(=O)Nc1cc(Nc2ncnc(N3CCCc4ccc(Cl)cc43)n2)ccc1OCCCN1CCN(C)CC1. The second-order valence-electron chi connectivity index (χ2n) is 10.0. The van der Waals surface area contributed by atoms with Gasteiger partial charge in [0.15, 0.2) is 0 Å². The quantitative estimate of drug-likeness (QED) is 0.273. The van der Waals surface area contributed by atoms with E-state index in [0.29, 0.717) is 40.7 Å². The van der Waals surface area contributed by atoms with E-state index in [0.717, 1.165) is 64.2 Å². The molecule has 1 aromatic heterocycles. The maximum atomic E-state index is 12.1. The number of hydrogen-bond donors (Lipinski definition) is 2. The smallest absolute Gasteiger partial charge is 0.247 e. The van der Waals surface area contributed by atoms with E-state index < -0.39 is 0 Å². The zero-order valence-electron chi connectivity index (χ0n) is 22.8. The third-order valence-corrected chi connectivity index (χ3v) is 7.35. The van der Waals surface area contributed by atoms with Crippen molar-refractivity contribution in [3.05, 3.63) is 66.0 Å². The Morgan fingerprint density at radius 3 is 2.80 bits per heavy atom. The van der Waals surface area contributed by atoms with E-state index in [-0.39, 0.29) is 5.91 Å². The molecule has 10 nitrogen and oxygen atoms in total. The molecule has 40 heavy (non-hydrogen) atoms. The van der Waals surface area contributed by atoms with Crippen molar-refractivity contribution in [1.82, 2.24) is 24.8 Å². The summed E-state index contributed by atoms with van der Waals surface area (Å²) in [7, 11) is 2.15. The number of piperazine rings is 1. The molecule has 5 rings (SSSR count). The third-order valence-electron chi connectivity index (χ3n) is 7.12. The number of aryl methyl sites for hydroxylation is 1. The molecule has 1 fully saturated rings. The summed E-state index contributed by atoms with van der Waals surface area (Å²) in [6.45, 7) is 10.2. The van der Waals surface area contributed by atoms with Crippen LogP contribution in [-0.4, -0.2) is 83.6 Å². The molecule has 0 saturated carbocycles. The molecule has 3 heterocycles. The molecule has 1 amide bonds. The van der Waals surface area contributed by atoms with Crippen LogP contribution in [0.3, 0.4) is 0 Å². The van der Waals surface area contributed by atoms with Gasteiger partial charge < -0.3 is 30.1 Å². The molecule has 210 valence electrons. The molecule has 1 saturated heterocycles. The summed E-state index contributed by atoms with van der Waals surface area (Å²) >= 11 is 6.28. The second-order valence-corrected chi connectivity index (χ2v) is 10.4. The number of aromatic nitrogens is 3. The molecule has 0 bridgehead atoms. The molecule has 11 heteroatoms. The molecule has 0 radical (unpaired) electrons. The Morgan fingerprint density at radius 2 is 1.98 bits per heavy atom. The number of anilines is 5. The molecule has 0 unspecified atom stereocenters. The molecule has 2 aromatic carbocycles. The first-order valence-corrected chi connectivity index (χ1v) is 14.0. The van der Waals surface area contributed by atoms with Gasteiger partial charge in [-0.15, -0.1) is 0 Å². The van der Waals surface area contributed by atoms with Crippen molar-refractivity contribution in [3.63, 3.8) is 0 Å². The highest BCUT2D eigenvalue weighted by molar-refractivity contribution is 6.30. The lowest BCUT2D eigenvalue weighted by Crippen LogP contribution is -2.44. The highest BCUT2D eigenvalue weighted by Gasteiger charge is 2.21. The lowest BCUT2D eigenvalue weighted by molar-refractivity contribution is -0.111. The van der Waals surface area contributed by atoms with E-state index in [1.54, 1.807) is 6.07 Å². The number of fused-ring (bicyclic) bond motifs is 1. The Morgan fingerprint density at radius 1 is 1.12 bits per heavy atom. The van der Waals surface area contributed by atoms with Gasteiger partial charge in [0.2, 0.25) is 17.8 Å². The van der Waals surface area contributed by atoms with Gasteiger partial charge in [-0.1, -0.05) is 24.2 Å². The Hall–Kier alpha value is -3.73. The summed E-state index contributed by atoms with van der Waals surface area (Å²) < 4.78 is 6.07. The molecule has 2 aliphatic heterocycles. The van der Waals surface area contributed by atoms with Crippen molar-refractivity contribution in [1.29, 1.82) is 0 Å². The van der Waals surface area contributed by atoms with Gasteiger partial charge in [0.25, 0.3) is 0 Å². The van der Waals surface area contributed by atoms with Crippen LogP contribution >= 0.6 is 11.6 Å². The summed E-state index contributed by atoms with van der Waals surface area (Å²) in [6, 6.07) is 11.4. The molecule has 0 aliphatic carbocycles. The first-order chi connectivity index (χ1) is 19.5. The summed E-state index contributed by atoms with van der Waals surface area (Å²) in [5.41, 5.74) is 3.47. The summed E-state index contributed by atoms with van der Waals surface area (Å²) in [5, 5.41) is 6.76. The number of ether oxygens (including phenoxy) is 1. The fourth-order valence-corrected chi connectivity index (χ4v) is 5.09. The fraction of sp³-hybridized carbons (Fsp3) is 0.379. The Labute approximate surface area is 240 Å². The number of likely N-dealkylation sites (N-methyl/N-ethyl adjacent to an activating group) is 1. The summed E-state index contributed by atoms with van der Waals surface area (Å²) in [6.07, 6.45) is 5.60. The van der Waals surface area contributed by atoms with Crippen molar-refractivity contribution in [2.75, 3.05) is 68.5 Å². The standard InChI is InChI=1S/C29H35ClN8O2/c1-3-27(39)34-24-19-23(9-10-26(24)40-17-5-11-37-15-13-36(2)14-16-37)33-28-31-20-32-29(35-28)38-12-4-6-21-7-8-22(30)18-25(21)38/h3,7-10,18-20H,1,4-6,11-17H2,2H3,(H,34,39)(H,31,32,33,35). The zero-order valence-corrected chi connectivity index (χ0v) is 23.5. The van der Waals surface area contributed by atoms with Crippen LogP contribution in [0.1, 0.15) is 18.4 Å². The number of carbonyl (C=O) groups is 1. The molecular formula is C29H35ClN8O2. The Balaban J connectivity index is 1.27. The fourth-order valence-electron chi connectivity index (χ4n) is 4.92. The van der Waals surface area contributed by atoms with Crippen molar-refractivity contribution in [2.45, 2.75) is 19.3 Å². The Kier molecular flexibility index (Phi) is 9.10. The van der Waals surface area contributed by atoms with Gasteiger partial charge in [0, 0.05) is 55.7 Å². The van der Waals surface area contributed by atoms with Gasteiger partial charge in [-0.3, -0.25) is 4.79 Å². The van der Waals surface area contributed by atoms with Crippen molar-refractivity contribution in [3.8, 4) is 5.75 Å². The van der Waals surface area contributed by atoms with Crippen LogP contribution in [0.2, 0.25) is 5.02 Å². The van der Waals surface area contributed by atoms with Crippen molar-refractivity contribution in [2.24, 2.45) is 0 Å². The highest BCUT2D eigenvalue weighted by atomic mass is 35.5. The zero-order chi connectivity index (χ0) is 27.9. The van der Waals surface area contributed by atoms with Crippen LogP contribution in [0.4, 0.5) is 29.0 Å². The van der Waals surface area contributed by atoms with E-state index in [1.165, 1.54) is 18.0 Å². The van der Waals surface area contributed by atoms with Crippen LogP contribution in [0.25, 0.3) is 0 Å². The number of halogens is 1. The largest absolute Gasteiger partial charge is 0.491 e. The van der Waals surface area contributed by atoms with Crippen LogP contribution in [-0.2, 0) is 11.2 Å². The highest BCUT2D eigenvalue weighted by Crippen LogP contribution is 2.34. The van der Waals surface area contributed by atoms with Gasteiger partial charge in [-0.2, -0.15) is 4.98 Å². The van der Waals surface area contributed by atoms with Crippen molar-refractivity contribution < 1.29 is 9.53 Å².